The first-order valence-electron chi connectivity index (χ1n) is 9.33. The molecule has 0 radical (unpaired) electrons. The Morgan fingerprint density at radius 3 is 2.86 bits per heavy atom. The van der Waals surface area contributed by atoms with Gasteiger partial charge in [-0.2, -0.15) is 10.2 Å². The molecule has 0 saturated heterocycles. The summed E-state index contributed by atoms with van der Waals surface area (Å²) in [7, 11) is 1.76. The van der Waals surface area contributed by atoms with E-state index < -0.39 is 0 Å². The highest BCUT2D eigenvalue weighted by atomic mass is 16.7. The monoisotopic (exact) mass is 397 g/mol. The number of benzene rings is 1. The van der Waals surface area contributed by atoms with Gasteiger partial charge in [-0.05, 0) is 38.1 Å². The Kier molecular flexibility index (Phi) is 5.11. The molecule has 1 aliphatic rings. The maximum absolute atomic E-state index is 12.6. The van der Waals surface area contributed by atoms with Crippen LogP contribution in [0, 0.1) is 13.8 Å². The largest absolute Gasteiger partial charge is 0.487 e. The first-order valence-corrected chi connectivity index (χ1v) is 9.33. The van der Waals surface area contributed by atoms with Gasteiger partial charge in [-0.15, -0.1) is 0 Å². The van der Waals surface area contributed by atoms with Crippen LogP contribution in [0.25, 0.3) is 0 Å². The second-order valence-corrected chi connectivity index (χ2v) is 6.96. The number of hydrogen-bond acceptors (Lipinski definition) is 6. The lowest BCUT2D eigenvalue weighted by Gasteiger charge is -2.16. The minimum atomic E-state index is -0.155. The van der Waals surface area contributed by atoms with Gasteiger partial charge in [-0.1, -0.05) is 0 Å². The number of rotatable bonds is 7. The lowest BCUT2D eigenvalue weighted by Crippen LogP contribution is -2.30. The van der Waals surface area contributed by atoms with Gasteiger partial charge in [0, 0.05) is 25.4 Å². The zero-order chi connectivity index (χ0) is 20.4. The van der Waals surface area contributed by atoms with Gasteiger partial charge in [-0.3, -0.25) is 14.6 Å². The Balaban J connectivity index is 1.31. The summed E-state index contributed by atoms with van der Waals surface area (Å²) < 4.78 is 18.3. The lowest BCUT2D eigenvalue weighted by atomic mass is 10.3. The van der Waals surface area contributed by atoms with Crippen LogP contribution in [0.15, 0.2) is 30.3 Å². The molecule has 1 amide bonds. The highest BCUT2D eigenvalue weighted by Crippen LogP contribution is 2.35. The molecule has 3 aromatic rings. The van der Waals surface area contributed by atoms with Crippen LogP contribution in [0.4, 0.5) is 0 Å². The van der Waals surface area contributed by atoms with E-state index in [4.69, 9.17) is 14.2 Å². The number of nitrogens with zero attached hydrogens (tertiary/aromatic N) is 4. The maximum atomic E-state index is 12.6. The van der Waals surface area contributed by atoms with Crippen molar-refractivity contribution in [2.24, 2.45) is 0 Å². The highest BCUT2D eigenvalue weighted by Gasteiger charge is 2.17. The van der Waals surface area contributed by atoms with Crippen LogP contribution >= 0.6 is 0 Å². The van der Waals surface area contributed by atoms with Crippen molar-refractivity contribution in [3.63, 3.8) is 0 Å². The van der Waals surface area contributed by atoms with Gasteiger partial charge in [0.05, 0.1) is 17.9 Å². The van der Waals surface area contributed by atoms with Crippen molar-refractivity contribution >= 4 is 5.91 Å². The average molecular weight is 397 g/mol. The number of carbonyl (C=O) groups is 1. The van der Waals surface area contributed by atoms with E-state index in [-0.39, 0.29) is 19.3 Å². The number of ether oxygens (including phenoxy) is 3. The fraction of sp³-hybridized carbons (Fsp3) is 0.350. The van der Waals surface area contributed by atoms with Crippen LogP contribution in [-0.2, 0) is 13.2 Å². The summed E-state index contributed by atoms with van der Waals surface area (Å²) in [6, 6.07) is 9.11. The van der Waals surface area contributed by atoms with E-state index in [1.807, 2.05) is 30.7 Å². The molecule has 4 rings (SSSR count). The molecule has 1 aliphatic heterocycles. The number of amides is 1. The van der Waals surface area contributed by atoms with Crippen LogP contribution < -0.4 is 14.2 Å². The molecule has 0 spiro atoms. The van der Waals surface area contributed by atoms with Crippen molar-refractivity contribution in [2.75, 3.05) is 20.4 Å². The van der Waals surface area contributed by atoms with Crippen LogP contribution in [0.1, 0.15) is 27.6 Å². The van der Waals surface area contributed by atoms with Gasteiger partial charge in [0.2, 0.25) is 6.79 Å². The molecule has 1 N–H and O–H groups in total. The van der Waals surface area contributed by atoms with E-state index >= 15 is 0 Å². The lowest BCUT2D eigenvalue weighted by molar-refractivity contribution is 0.0783. The number of aromatic nitrogens is 4. The van der Waals surface area contributed by atoms with Gasteiger partial charge in [0.25, 0.3) is 5.91 Å². The Bertz CT molecular complexity index is 1030. The summed E-state index contributed by atoms with van der Waals surface area (Å²) in [4.78, 5) is 14.2. The molecule has 0 fully saturated rings. The van der Waals surface area contributed by atoms with Crippen molar-refractivity contribution in [1.29, 1.82) is 0 Å². The molecule has 9 heteroatoms. The average Bonchev–Trinajstić information content (AvgIpc) is 3.43. The number of nitrogens with one attached hydrogen (secondary N) is 1. The van der Waals surface area contributed by atoms with Crippen molar-refractivity contribution in [1.82, 2.24) is 24.9 Å². The molecule has 0 saturated carbocycles. The molecular formula is C20H23N5O4. The first kappa shape index (κ1) is 18.9. The molecule has 0 unspecified atom stereocenters. The van der Waals surface area contributed by atoms with Gasteiger partial charge in [0.15, 0.2) is 17.2 Å². The summed E-state index contributed by atoms with van der Waals surface area (Å²) in [6.07, 6.45) is 0. The molecule has 9 nitrogen and oxygen atoms in total. The molecule has 0 atom stereocenters. The number of aromatic amines is 1. The molecule has 0 bridgehead atoms. The summed E-state index contributed by atoms with van der Waals surface area (Å²) in [5.74, 6) is 1.86. The number of H-pyrrole nitrogens is 1. The number of likely N-dealkylation sites (N-methyl/N-ethyl adjacent to an activating group) is 1. The molecule has 29 heavy (non-hydrogen) atoms. The Morgan fingerprint density at radius 2 is 2.07 bits per heavy atom. The van der Waals surface area contributed by atoms with Crippen LogP contribution in [-0.4, -0.2) is 51.2 Å². The predicted molar refractivity (Wildman–Crippen MR) is 104 cm³/mol. The predicted octanol–water partition coefficient (Wildman–Crippen LogP) is 2.30. The normalized spacial score (nSPS) is 12.2. The maximum Gasteiger partial charge on any atom is 0.274 e. The van der Waals surface area contributed by atoms with Gasteiger partial charge >= 0.3 is 0 Å². The van der Waals surface area contributed by atoms with E-state index in [1.165, 1.54) is 0 Å². The van der Waals surface area contributed by atoms with Crippen LogP contribution in [0.2, 0.25) is 0 Å². The Hall–Kier alpha value is -3.49. The quantitative estimate of drug-likeness (QED) is 0.657. The summed E-state index contributed by atoms with van der Waals surface area (Å²) >= 11 is 0. The highest BCUT2D eigenvalue weighted by molar-refractivity contribution is 5.92. The topological polar surface area (TPSA) is 94.5 Å². The van der Waals surface area contributed by atoms with Crippen molar-refractivity contribution < 1.29 is 19.0 Å². The first-order chi connectivity index (χ1) is 14.0. The molecule has 152 valence electrons. The van der Waals surface area contributed by atoms with Crippen LogP contribution in [0.3, 0.4) is 0 Å². The minimum absolute atomic E-state index is 0.155. The standard InChI is InChI=1S/C20H23N5O4/c1-13-8-14(2)25(23-13)7-6-24(3)20(26)17-9-15(21-22-17)11-27-16-4-5-18-19(10-16)29-12-28-18/h4-5,8-10H,6-7,11-12H2,1-3H3,(H,21,22). The second-order valence-electron chi connectivity index (χ2n) is 6.96. The smallest absolute Gasteiger partial charge is 0.274 e. The van der Waals surface area contributed by atoms with E-state index in [0.29, 0.717) is 41.7 Å². The minimum Gasteiger partial charge on any atom is -0.487 e. The molecule has 1 aromatic carbocycles. The third-order valence-electron chi connectivity index (χ3n) is 4.69. The molecule has 0 aliphatic carbocycles. The van der Waals surface area contributed by atoms with Gasteiger partial charge in [0.1, 0.15) is 12.4 Å². The zero-order valence-electron chi connectivity index (χ0n) is 16.6. The zero-order valence-corrected chi connectivity index (χ0v) is 16.6. The van der Waals surface area contributed by atoms with Crippen molar-refractivity contribution in [2.45, 2.75) is 27.0 Å². The summed E-state index contributed by atoms with van der Waals surface area (Å²) in [6.45, 7) is 5.60. The van der Waals surface area contributed by atoms with E-state index in [2.05, 4.69) is 15.3 Å². The number of aryl methyl sites for hydroxylation is 2. The summed E-state index contributed by atoms with van der Waals surface area (Å²) in [5.41, 5.74) is 3.10. The van der Waals surface area contributed by atoms with Gasteiger partial charge in [-0.25, -0.2) is 0 Å². The second kappa shape index (κ2) is 7.86. The molecular weight excluding hydrogens is 374 g/mol. The van der Waals surface area contributed by atoms with Gasteiger partial charge < -0.3 is 19.1 Å². The number of fused-ring (bicyclic) bond motifs is 1. The number of carbonyl (C=O) groups excluding carboxylic acids is 1. The van der Waals surface area contributed by atoms with Crippen molar-refractivity contribution in [3.05, 3.63) is 53.1 Å². The molecule has 3 heterocycles. The Labute approximate surface area is 168 Å². The fourth-order valence-corrected chi connectivity index (χ4v) is 3.12. The third kappa shape index (κ3) is 4.18. The van der Waals surface area contributed by atoms with E-state index in [0.717, 1.165) is 11.4 Å². The van der Waals surface area contributed by atoms with Crippen LogP contribution in [0.5, 0.6) is 17.2 Å². The number of hydrogen-bond donors (Lipinski definition) is 1. The van der Waals surface area contributed by atoms with E-state index in [9.17, 15) is 4.79 Å². The third-order valence-corrected chi connectivity index (χ3v) is 4.69. The Morgan fingerprint density at radius 1 is 1.24 bits per heavy atom. The van der Waals surface area contributed by atoms with Crippen molar-refractivity contribution in [3.8, 4) is 17.2 Å². The fourth-order valence-electron chi connectivity index (χ4n) is 3.12. The summed E-state index contributed by atoms with van der Waals surface area (Å²) in [5, 5.41) is 11.4. The SMILES string of the molecule is Cc1cc(C)n(CCN(C)C(=O)c2cc(COc3ccc4c(c3)OCO4)[nH]n2)n1. The molecule has 2 aromatic heterocycles. The van der Waals surface area contributed by atoms with E-state index in [1.54, 1.807) is 30.1 Å².